The van der Waals surface area contributed by atoms with Gasteiger partial charge in [-0.2, -0.15) is 0 Å². The SMILES string of the molecule is CC(C)c1cc(N2c3ccccc3Oc3cc4c(cc32)[se]c2ccccc24)cc2c(C(C)C)cc(N3c4ccccc4Oc4ccccc43)cc12. The fourth-order valence-electron chi connectivity index (χ4n) is 7.93. The van der Waals surface area contributed by atoms with E-state index in [1.54, 1.807) is 0 Å². The van der Waals surface area contributed by atoms with Gasteiger partial charge in [0.15, 0.2) is 11.5 Å². The molecule has 2 aliphatic heterocycles. The van der Waals surface area contributed by atoms with Crippen LogP contribution < -0.4 is 19.3 Å². The maximum atomic E-state index is 6.69. The average Bonchev–Trinajstić information content (AvgIpc) is 3.51. The molecular formula is C46H36N2O2Se. The molecule has 0 atom stereocenters. The normalized spacial score (nSPS) is 13.3. The third-order valence-corrected chi connectivity index (χ3v) is 12.7. The molecule has 0 radical (unpaired) electrons. The van der Waals surface area contributed by atoms with Crippen LogP contribution >= 0.6 is 0 Å². The minimum absolute atomic E-state index is 0.244. The van der Waals surface area contributed by atoms with Crippen LogP contribution in [-0.4, -0.2) is 14.5 Å². The Balaban J connectivity index is 1.22. The van der Waals surface area contributed by atoms with Crippen LogP contribution in [0, 0.1) is 0 Å². The number of benzene rings is 7. The molecule has 5 heteroatoms. The number of hydrogen-bond donors (Lipinski definition) is 0. The fourth-order valence-corrected chi connectivity index (χ4v) is 10.3. The van der Waals surface area contributed by atoms with E-state index in [4.69, 9.17) is 9.47 Å². The van der Waals surface area contributed by atoms with Crippen molar-refractivity contribution >= 4 is 78.7 Å². The molecule has 0 spiro atoms. The summed E-state index contributed by atoms with van der Waals surface area (Å²) in [6, 6.07) is 48.2. The second-order valence-corrected chi connectivity index (χ2v) is 16.4. The molecule has 1 aromatic heterocycles. The Morgan fingerprint density at radius 1 is 0.412 bits per heavy atom. The van der Waals surface area contributed by atoms with Crippen molar-refractivity contribution in [2.24, 2.45) is 0 Å². The van der Waals surface area contributed by atoms with Gasteiger partial charge in [-0.25, -0.2) is 0 Å². The van der Waals surface area contributed by atoms with Crippen LogP contribution in [0.2, 0.25) is 0 Å². The summed E-state index contributed by atoms with van der Waals surface area (Å²) in [7, 11) is 0. The van der Waals surface area contributed by atoms with Gasteiger partial charge in [0.25, 0.3) is 0 Å². The molecule has 51 heavy (non-hydrogen) atoms. The molecule has 8 aromatic rings. The zero-order valence-corrected chi connectivity index (χ0v) is 30.7. The number of rotatable bonds is 4. The van der Waals surface area contributed by atoms with Crippen molar-refractivity contribution < 1.29 is 9.47 Å². The van der Waals surface area contributed by atoms with Crippen LogP contribution in [0.5, 0.6) is 23.0 Å². The fraction of sp³-hybridized carbons (Fsp3) is 0.130. The number of fused-ring (bicyclic) bond motifs is 8. The number of ether oxygens (including phenoxy) is 2. The molecule has 0 aliphatic carbocycles. The zero-order valence-electron chi connectivity index (χ0n) is 29.0. The zero-order chi connectivity index (χ0) is 34.4. The van der Waals surface area contributed by atoms with E-state index in [9.17, 15) is 0 Å². The summed E-state index contributed by atoms with van der Waals surface area (Å²) >= 11 is 0.244. The third kappa shape index (κ3) is 4.72. The predicted molar refractivity (Wildman–Crippen MR) is 214 cm³/mol. The Labute approximate surface area is 303 Å². The van der Waals surface area contributed by atoms with Crippen LogP contribution in [0.25, 0.3) is 30.1 Å². The minimum atomic E-state index is 0.244. The number of nitrogens with zero attached hydrogens (tertiary/aromatic N) is 2. The van der Waals surface area contributed by atoms with Crippen LogP contribution in [0.4, 0.5) is 34.1 Å². The van der Waals surface area contributed by atoms with Crippen molar-refractivity contribution in [1.29, 1.82) is 0 Å². The summed E-state index contributed by atoms with van der Waals surface area (Å²) in [6.45, 7) is 9.24. The molecule has 0 fully saturated rings. The summed E-state index contributed by atoms with van der Waals surface area (Å²) in [4.78, 5) is 4.80. The molecule has 0 unspecified atom stereocenters. The molecular weight excluding hydrogens is 691 g/mol. The maximum absolute atomic E-state index is 6.69. The molecule has 0 amide bonds. The first-order valence-electron chi connectivity index (χ1n) is 17.7. The number of hydrogen-bond acceptors (Lipinski definition) is 4. The van der Waals surface area contributed by atoms with E-state index in [1.165, 1.54) is 41.2 Å². The van der Waals surface area contributed by atoms with E-state index in [1.807, 2.05) is 12.1 Å². The van der Waals surface area contributed by atoms with Crippen LogP contribution in [0.15, 0.2) is 133 Å². The first-order valence-corrected chi connectivity index (χ1v) is 19.4. The standard InChI is InChI=1S/C46H36N2O2Se/c1-27(2)32-21-29(47-37-14-6-9-17-41(37)49-42-18-10-7-15-38(42)47)23-34-33(28(3)4)22-30(24-35(32)34)48-39-16-8-11-19-43(39)50-44-25-36-31-13-5-12-20-45(31)51-46(36)26-40(44)48/h5-28H,1-4H3. The van der Waals surface area contributed by atoms with E-state index < -0.39 is 0 Å². The van der Waals surface area contributed by atoms with Crippen molar-refractivity contribution in [1.82, 2.24) is 0 Å². The first-order chi connectivity index (χ1) is 24.9. The van der Waals surface area contributed by atoms with Crippen LogP contribution in [0.1, 0.15) is 50.7 Å². The van der Waals surface area contributed by atoms with Gasteiger partial charge in [0.1, 0.15) is 0 Å². The van der Waals surface area contributed by atoms with E-state index in [0.717, 1.165) is 57.1 Å². The van der Waals surface area contributed by atoms with Gasteiger partial charge in [-0.3, -0.25) is 0 Å². The molecule has 0 bridgehead atoms. The second kappa shape index (κ2) is 11.5. The van der Waals surface area contributed by atoms with Gasteiger partial charge in [-0.15, -0.1) is 0 Å². The molecule has 10 rings (SSSR count). The monoisotopic (exact) mass is 728 g/mol. The molecule has 0 N–H and O–H groups in total. The molecule has 0 saturated carbocycles. The summed E-state index contributed by atoms with van der Waals surface area (Å²) in [5.74, 6) is 4.08. The van der Waals surface area contributed by atoms with Crippen molar-refractivity contribution in [3.8, 4) is 23.0 Å². The van der Waals surface area contributed by atoms with Gasteiger partial charge in [0, 0.05) is 0 Å². The predicted octanol–water partition coefficient (Wildman–Crippen LogP) is 13.6. The van der Waals surface area contributed by atoms with Gasteiger partial charge in [0.05, 0.1) is 0 Å². The summed E-state index contributed by atoms with van der Waals surface area (Å²) in [6.07, 6.45) is 0. The van der Waals surface area contributed by atoms with Gasteiger partial charge in [-0.1, -0.05) is 24.3 Å². The second-order valence-electron chi connectivity index (χ2n) is 14.2. The van der Waals surface area contributed by atoms with E-state index in [2.05, 4.69) is 159 Å². The number of anilines is 6. The van der Waals surface area contributed by atoms with Crippen LogP contribution in [-0.2, 0) is 0 Å². The van der Waals surface area contributed by atoms with Crippen molar-refractivity contribution in [3.63, 3.8) is 0 Å². The van der Waals surface area contributed by atoms with Gasteiger partial charge >= 0.3 is 240 Å². The molecule has 7 aromatic carbocycles. The Kier molecular flexibility index (Phi) is 6.86. The topological polar surface area (TPSA) is 24.9 Å². The van der Waals surface area contributed by atoms with E-state index in [-0.39, 0.29) is 14.5 Å². The Morgan fingerprint density at radius 2 is 0.882 bits per heavy atom. The molecule has 2 aliphatic rings. The third-order valence-electron chi connectivity index (χ3n) is 10.3. The van der Waals surface area contributed by atoms with E-state index >= 15 is 0 Å². The first kappa shape index (κ1) is 30.4. The molecule has 248 valence electrons. The van der Waals surface area contributed by atoms with Crippen molar-refractivity contribution in [2.75, 3.05) is 9.80 Å². The summed E-state index contributed by atoms with van der Waals surface area (Å²) in [5.41, 5.74) is 9.20. The summed E-state index contributed by atoms with van der Waals surface area (Å²) < 4.78 is 15.9. The Bertz CT molecular complexity index is 2640. The Hall–Kier alpha value is -5.48. The molecule has 4 nitrogen and oxygen atoms in total. The van der Waals surface area contributed by atoms with Gasteiger partial charge in [-0.05, 0) is 24.3 Å². The van der Waals surface area contributed by atoms with Crippen molar-refractivity contribution in [2.45, 2.75) is 39.5 Å². The average molecular weight is 728 g/mol. The van der Waals surface area contributed by atoms with E-state index in [0.29, 0.717) is 11.8 Å². The Morgan fingerprint density at radius 3 is 1.43 bits per heavy atom. The summed E-state index contributed by atoms with van der Waals surface area (Å²) in [5, 5.41) is 5.20. The van der Waals surface area contributed by atoms with Gasteiger partial charge < -0.3 is 4.74 Å². The van der Waals surface area contributed by atoms with Crippen molar-refractivity contribution in [3.05, 3.63) is 145 Å². The van der Waals surface area contributed by atoms with Gasteiger partial charge in [0.2, 0.25) is 0 Å². The number of para-hydroxylation sites is 6. The quantitative estimate of drug-likeness (QED) is 0.169. The van der Waals surface area contributed by atoms with Crippen LogP contribution in [0.3, 0.4) is 0 Å². The molecule has 3 heterocycles. The molecule has 0 saturated heterocycles.